The summed E-state index contributed by atoms with van der Waals surface area (Å²) in [5, 5.41) is 0.508. The molecule has 3 aliphatic heterocycles. The highest BCUT2D eigenvalue weighted by molar-refractivity contribution is 7.80. The number of quaternary nitrogens is 1. The SMILES string of the molecule is CC(C)(C)OC(=O)N1CCC[C@@H]1CONC(=O)[C@@H]1CC[C@@H]2CN1C(=O)N2OS(=O)(=O)[O-].CCCC[N+](CCCC)(CCCC)CCCC. The summed E-state index contributed by atoms with van der Waals surface area (Å²) in [6.45, 7) is 21.0. The van der Waals surface area contributed by atoms with Gasteiger partial charge in [0.2, 0.25) is 10.4 Å². The Balaban J connectivity index is 0.000000401. The molecule has 3 fully saturated rings. The van der Waals surface area contributed by atoms with Gasteiger partial charge in [-0.1, -0.05) is 53.4 Å². The molecule has 280 valence electrons. The van der Waals surface area contributed by atoms with E-state index in [9.17, 15) is 27.4 Å². The highest BCUT2D eigenvalue weighted by Crippen LogP contribution is 2.31. The molecule has 0 aromatic heterocycles. The molecule has 0 aromatic carbocycles. The van der Waals surface area contributed by atoms with Crippen molar-refractivity contribution >= 4 is 28.4 Å². The third kappa shape index (κ3) is 13.6. The highest BCUT2D eigenvalue weighted by atomic mass is 32.3. The van der Waals surface area contributed by atoms with Gasteiger partial charge < -0.3 is 23.6 Å². The zero-order chi connectivity index (χ0) is 36.0. The summed E-state index contributed by atoms with van der Waals surface area (Å²) in [6.07, 6.45) is 12.6. The van der Waals surface area contributed by atoms with Gasteiger partial charge in [-0.25, -0.2) is 23.5 Å². The van der Waals surface area contributed by atoms with Crippen molar-refractivity contribution < 1.29 is 45.7 Å². The van der Waals surface area contributed by atoms with E-state index < -0.39 is 46.1 Å². The lowest BCUT2D eigenvalue weighted by Gasteiger charge is -2.39. The fourth-order valence-electron chi connectivity index (χ4n) is 6.59. The molecule has 0 aromatic rings. The minimum Gasteiger partial charge on any atom is -0.724 e. The van der Waals surface area contributed by atoms with Crippen molar-refractivity contribution in [3.05, 3.63) is 0 Å². The van der Waals surface area contributed by atoms with Crippen LogP contribution >= 0.6 is 0 Å². The van der Waals surface area contributed by atoms with Gasteiger partial charge in [-0.15, -0.1) is 0 Å². The van der Waals surface area contributed by atoms with Crippen molar-refractivity contribution in [2.75, 3.05) is 45.9 Å². The number of piperidine rings is 1. The lowest BCUT2D eigenvalue weighted by atomic mass is 10.0. The third-order valence-corrected chi connectivity index (χ3v) is 9.54. The zero-order valence-corrected chi connectivity index (χ0v) is 31.4. The summed E-state index contributed by atoms with van der Waals surface area (Å²) < 4.78 is 43.5. The number of carbonyl (C=O) groups is 3. The van der Waals surface area contributed by atoms with E-state index in [0.29, 0.717) is 18.0 Å². The number of hydrogen-bond acceptors (Lipinski definition) is 9. The van der Waals surface area contributed by atoms with E-state index in [2.05, 4.69) is 37.5 Å². The quantitative estimate of drug-likeness (QED) is 0.0887. The standard InChI is InChI=1S/C17H28N4O9S.C16H36N/c1-17(2,3)29-16(24)19-8-4-5-12(19)10-28-18-14(22)13-7-6-11-9-20(13)15(23)21(11)30-31(25,26)27;1-5-9-13-17(14-10-6-2,15-11-7-3)16-12-8-4/h11-13H,4-10H2,1-3H3,(H,18,22)(H,25,26,27);5-16H2,1-4H3/q;+1/p-1/t11-,12-,13+;/m1./s1. The number of hydroxylamine groups is 3. The lowest BCUT2D eigenvalue weighted by molar-refractivity contribution is -0.929. The van der Waals surface area contributed by atoms with E-state index in [0.717, 1.165) is 11.3 Å². The Hall–Kier alpha value is -2.20. The molecule has 48 heavy (non-hydrogen) atoms. The van der Waals surface area contributed by atoms with Crippen molar-refractivity contribution in [2.24, 2.45) is 0 Å². The monoisotopic (exact) mass is 705 g/mol. The van der Waals surface area contributed by atoms with Gasteiger partial charge >= 0.3 is 12.1 Å². The lowest BCUT2D eigenvalue weighted by Crippen LogP contribution is -2.50. The molecule has 15 heteroatoms. The maximum absolute atomic E-state index is 12.5. The smallest absolute Gasteiger partial charge is 0.410 e. The van der Waals surface area contributed by atoms with E-state index in [4.69, 9.17) is 9.57 Å². The second kappa shape index (κ2) is 19.9. The zero-order valence-electron chi connectivity index (χ0n) is 30.5. The molecule has 3 aliphatic rings. The molecule has 14 nitrogen and oxygen atoms in total. The Morgan fingerprint density at radius 1 is 0.917 bits per heavy atom. The number of amides is 4. The maximum Gasteiger partial charge on any atom is 0.410 e. The van der Waals surface area contributed by atoms with Crippen LogP contribution in [0.4, 0.5) is 9.59 Å². The van der Waals surface area contributed by atoms with Crippen molar-refractivity contribution in [2.45, 2.75) is 149 Å². The van der Waals surface area contributed by atoms with Crippen molar-refractivity contribution in [1.29, 1.82) is 0 Å². The van der Waals surface area contributed by atoms with E-state index in [1.807, 2.05) is 0 Å². The largest absolute Gasteiger partial charge is 0.724 e. The number of hydrogen-bond donors (Lipinski definition) is 1. The maximum atomic E-state index is 12.5. The van der Waals surface area contributed by atoms with Gasteiger partial charge in [-0.2, -0.15) is 9.35 Å². The molecule has 1 N–H and O–H groups in total. The number of urea groups is 1. The first kappa shape index (κ1) is 42.0. The van der Waals surface area contributed by atoms with Crippen LogP contribution in [0.5, 0.6) is 0 Å². The Morgan fingerprint density at radius 3 is 1.94 bits per heavy atom. The molecule has 0 radical (unpaired) electrons. The Kier molecular flexibility index (Phi) is 17.4. The van der Waals surface area contributed by atoms with Crippen LogP contribution in [0, 0.1) is 0 Å². The van der Waals surface area contributed by atoms with Gasteiger partial charge in [0.1, 0.15) is 11.6 Å². The van der Waals surface area contributed by atoms with Crippen LogP contribution in [0.15, 0.2) is 0 Å². The Labute approximate surface area is 289 Å². The molecule has 2 bridgehead atoms. The molecule has 4 amide bonds. The molecule has 0 unspecified atom stereocenters. The topological polar surface area (TPSA) is 158 Å². The number of carbonyl (C=O) groups excluding carboxylic acids is 3. The molecule has 3 rings (SSSR count). The average Bonchev–Trinajstić information content (AvgIpc) is 3.58. The van der Waals surface area contributed by atoms with Crippen LogP contribution in [-0.4, -0.2) is 120 Å². The van der Waals surface area contributed by atoms with Crippen molar-refractivity contribution in [1.82, 2.24) is 20.3 Å². The Bertz CT molecular complexity index is 1080. The summed E-state index contributed by atoms with van der Waals surface area (Å²) in [5.74, 6) is -0.583. The van der Waals surface area contributed by atoms with Gasteiger partial charge in [0.25, 0.3) is 5.91 Å². The third-order valence-electron chi connectivity index (χ3n) is 9.19. The van der Waals surface area contributed by atoms with Gasteiger partial charge in [-0.3, -0.25) is 9.63 Å². The number of nitrogens with one attached hydrogen (secondary N) is 1. The summed E-state index contributed by atoms with van der Waals surface area (Å²) in [7, 11) is -5.10. The summed E-state index contributed by atoms with van der Waals surface area (Å²) in [6, 6.07) is -2.64. The first-order valence-corrected chi connectivity index (χ1v) is 19.4. The molecule has 0 spiro atoms. The van der Waals surface area contributed by atoms with Crippen LogP contribution in [0.1, 0.15) is 126 Å². The summed E-state index contributed by atoms with van der Waals surface area (Å²) >= 11 is 0. The van der Waals surface area contributed by atoms with Gasteiger partial charge in [-0.05, 0) is 72.1 Å². The van der Waals surface area contributed by atoms with E-state index >= 15 is 0 Å². The van der Waals surface area contributed by atoms with Crippen molar-refractivity contribution in [3.8, 4) is 0 Å². The molecule has 3 heterocycles. The van der Waals surface area contributed by atoms with Crippen LogP contribution in [0.25, 0.3) is 0 Å². The second-order valence-corrected chi connectivity index (χ2v) is 15.4. The molecular formula is C33H63N5O9S. The number of nitrogens with zero attached hydrogens (tertiary/aromatic N) is 4. The first-order valence-electron chi connectivity index (χ1n) is 18.1. The van der Waals surface area contributed by atoms with Crippen LogP contribution in [0.3, 0.4) is 0 Å². The number of rotatable bonds is 18. The predicted octanol–water partition coefficient (Wildman–Crippen LogP) is 5.10. The molecule has 3 saturated heterocycles. The van der Waals surface area contributed by atoms with Gasteiger partial charge in [0.15, 0.2) is 0 Å². The van der Waals surface area contributed by atoms with E-state index in [1.54, 1.807) is 25.7 Å². The molecule has 0 saturated carbocycles. The molecular weight excluding hydrogens is 642 g/mol. The van der Waals surface area contributed by atoms with Crippen LogP contribution in [0.2, 0.25) is 0 Å². The van der Waals surface area contributed by atoms with Gasteiger partial charge in [0, 0.05) is 13.1 Å². The van der Waals surface area contributed by atoms with E-state index in [1.165, 1.54) is 82.0 Å². The second-order valence-electron chi connectivity index (χ2n) is 14.4. The fraction of sp³-hybridized carbons (Fsp3) is 0.909. The number of fused-ring (bicyclic) bond motifs is 2. The first-order chi connectivity index (χ1) is 22.6. The number of unbranched alkanes of at least 4 members (excludes halogenated alkanes) is 4. The number of ether oxygens (including phenoxy) is 1. The minimum absolute atomic E-state index is 0.0535. The summed E-state index contributed by atoms with van der Waals surface area (Å²) in [4.78, 5) is 45.2. The van der Waals surface area contributed by atoms with E-state index in [-0.39, 0.29) is 32.0 Å². The minimum atomic E-state index is -5.10. The van der Waals surface area contributed by atoms with Crippen LogP contribution in [-0.2, 0) is 29.1 Å². The normalized spacial score (nSPS) is 21.3. The number of likely N-dealkylation sites (tertiary alicyclic amines) is 1. The van der Waals surface area contributed by atoms with Gasteiger partial charge in [0.05, 0.1) is 44.9 Å². The molecule has 3 atom stereocenters. The summed E-state index contributed by atoms with van der Waals surface area (Å²) in [5.41, 5.74) is 1.68. The molecule has 0 aliphatic carbocycles. The fourth-order valence-corrected chi connectivity index (χ4v) is 6.97. The van der Waals surface area contributed by atoms with Crippen LogP contribution < -0.4 is 5.48 Å². The predicted molar refractivity (Wildman–Crippen MR) is 181 cm³/mol. The van der Waals surface area contributed by atoms with Crippen molar-refractivity contribution in [3.63, 3.8) is 0 Å². The Morgan fingerprint density at radius 2 is 1.46 bits per heavy atom. The average molecular weight is 706 g/mol. The highest BCUT2D eigenvalue weighted by Gasteiger charge is 2.49.